The first-order valence-corrected chi connectivity index (χ1v) is 6.47. The number of nitrogens with one attached hydrogen (secondary N) is 1. The SMILES string of the molecule is CNC(c1cc(C(F)(F)F)ccc1F)C1CCCC1. The highest BCUT2D eigenvalue weighted by Gasteiger charge is 2.33. The molecule has 0 heterocycles. The summed E-state index contributed by atoms with van der Waals surface area (Å²) in [6.07, 6.45) is -0.453. The summed E-state index contributed by atoms with van der Waals surface area (Å²) in [5.74, 6) is -0.359. The van der Waals surface area contributed by atoms with Crippen LogP contribution < -0.4 is 5.32 Å². The van der Waals surface area contributed by atoms with Gasteiger partial charge in [-0.3, -0.25) is 0 Å². The number of alkyl halides is 3. The minimum atomic E-state index is -4.43. The molecule has 1 N–H and O–H groups in total. The van der Waals surface area contributed by atoms with E-state index in [9.17, 15) is 17.6 Å². The predicted octanol–water partition coefficient (Wildman–Crippen LogP) is 4.30. The summed E-state index contributed by atoms with van der Waals surface area (Å²) in [5, 5.41) is 2.97. The van der Waals surface area contributed by atoms with Crippen LogP contribution >= 0.6 is 0 Å². The summed E-state index contributed by atoms with van der Waals surface area (Å²) in [6, 6.07) is 2.30. The maximum atomic E-state index is 13.8. The van der Waals surface area contributed by atoms with Gasteiger partial charge in [0.2, 0.25) is 0 Å². The zero-order valence-corrected chi connectivity index (χ0v) is 10.7. The van der Waals surface area contributed by atoms with Gasteiger partial charge in [-0.05, 0) is 44.0 Å². The molecule has 1 aliphatic rings. The molecule has 1 unspecified atom stereocenters. The minimum Gasteiger partial charge on any atom is -0.313 e. The largest absolute Gasteiger partial charge is 0.416 e. The Bertz CT molecular complexity index is 436. The van der Waals surface area contributed by atoms with Crippen molar-refractivity contribution >= 4 is 0 Å². The second-order valence-corrected chi connectivity index (χ2v) is 5.04. The van der Waals surface area contributed by atoms with Crippen LogP contribution in [0.2, 0.25) is 0 Å². The molecule has 1 fully saturated rings. The van der Waals surface area contributed by atoms with Crippen molar-refractivity contribution in [2.24, 2.45) is 5.92 Å². The van der Waals surface area contributed by atoms with Crippen molar-refractivity contribution in [1.29, 1.82) is 0 Å². The highest BCUT2D eigenvalue weighted by atomic mass is 19.4. The summed E-state index contributed by atoms with van der Waals surface area (Å²) in [4.78, 5) is 0. The summed E-state index contributed by atoms with van der Waals surface area (Å²) in [6.45, 7) is 0. The molecule has 106 valence electrons. The van der Waals surface area contributed by atoms with E-state index in [1.807, 2.05) is 0 Å². The molecule has 0 radical (unpaired) electrons. The van der Waals surface area contributed by atoms with Gasteiger partial charge in [-0.15, -0.1) is 0 Å². The Kier molecular flexibility index (Phi) is 4.13. The molecule has 1 saturated carbocycles. The van der Waals surface area contributed by atoms with Gasteiger partial charge >= 0.3 is 6.18 Å². The van der Waals surface area contributed by atoms with E-state index in [4.69, 9.17) is 0 Å². The Balaban J connectivity index is 2.35. The first kappa shape index (κ1) is 14.3. The van der Waals surface area contributed by atoms with Crippen molar-refractivity contribution in [3.63, 3.8) is 0 Å². The smallest absolute Gasteiger partial charge is 0.313 e. The molecular formula is C14H17F4N. The Morgan fingerprint density at radius 2 is 1.84 bits per heavy atom. The lowest BCUT2D eigenvalue weighted by molar-refractivity contribution is -0.137. The van der Waals surface area contributed by atoms with Crippen molar-refractivity contribution < 1.29 is 17.6 Å². The van der Waals surface area contributed by atoms with Crippen molar-refractivity contribution in [3.8, 4) is 0 Å². The van der Waals surface area contributed by atoms with Crippen LogP contribution in [-0.4, -0.2) is 7.05 Å². The lowest BCUT2D eigenvalue weighted by atomic mass is 9.90. The molecule has 1 aromatic rings. The van der Waals surface area contributed by atoms with Gasteiger partial charge in [0.25, 0.3) is 0 Å². The second-order valence-electron chi connectivity index (χ2n) is 5.04. The second kappa shape index (κ2) is 5.49. The van der Waals surface area contributed by atoms with Gasteiger partial charge in [-0.2, -0.15) is 13.2 Å². The van der Waals surface area contributed by atoms with Crippen molar-refractivity contribution in [2.45, 2.75) is 37.9 Å². The van der Waals surface area contributed by atoms with E-state index in [1.54, 1.807) is 7.05 Å². The topological polar surface area (TPSA) is 12.0 Å². The monoisotopic (exact) mass is 275 g/mol. The maximum absolute atomic E-state index is 13.8. The standard InChI is InChI=1S/C14H17F4N/c1-19-13(9-4-2-3-5-9)11-8-10(14(16,17)18)6-7-12(11)15/h6-9,13,19H,2-5H2,1H3. The third-order valence-electron chi connectivity index (χ3n) is 3.84. The molecule has 0 saturated heterocycles. The maximum Gasteiger partial charge on any atom is 0.416 e. The minimum absolute atomic E-state index is 0.129. The molecule has 1 aliphatic carbocycles. The zero-order valence-electron chi connectivity index (χ0n) is 10.7. The molecule has 1 atom stereocenters. The molecule has 0 aliphatic heterocycles. The number of halogens is 4. The van der Waals surface area contributed by atoms with Crippen LogP contribution in [0.1, 0.15) is 42.9 Å². The number of benzene rings is 1. The van der Waals surface area contributed by atoms with Crippen LogP contribution in [0.3, 0.4) is 0 Å². The van der Waals surface area contributed by atoms with Crippen molar-refractivity contribution in [1.82, 2.24) is 5.32 Å². The molecule has 0 amide bonds. The lowest BCUT2D eigenvalue weighted by Crippen LogP contribution is -2.25. The highest BCUT2D eigenvalue weighted by Crippen LogP contribution is 2.38. The lowest BCUT2D eigenvalue weighted by Gasteiger charge is -2.24. The van der Waals surface area contributed by atoms with Crippen LogP contribution in [0, 0.1) is 11.7 Å². The van der Waals surface area contributed by atoms with Gasteiger partial charge in [0.15, 0.2) is 0 Å². The summed E-state index contributed by atoms with van der Waals surface area (Å²) >= 11 is 0. The molecule has 0 spiro atoms. The first-order chi connectivity index (χ1) is 8.93. The Morgan fingerprint density at radius 3 is 2.37 bits per heavy atom. The number of hydrogen-bond donors (Lipinski definition) is 1. The van der Waals surface area contributed by atoms with E-state index in [0.717, 1.165) is 43.9 Å². The van der Waals surface area contributed by atoms with E-state index < -0.39 is 17.6 Å². The summed E-state index contributed by atoms with van der Waals surface area (Å²) in [7, 11) is 1.67. The average Bonchev–Trinajstić information content (AvgIpc) is 2.84. The molecule has 1 nitrogen and oxygen atoms in total. The number of rotatable bonds is 3. The van der Waals surface area contributed by atoms with Gasteiger partial charge < -0.3 is 5.32 Å². The molecule has 19 heavy (non-hydrogen) atoms. The number of hydrogen-bond acceptors (Lipinski definition) is 1. The molecule has 5 heteroatoms. The summed E-state index contributed by atoms with van der Waals surface area (Å²) in [5.41, 5.74) is -0.661. The molecule has 0 aromatic heterocycles. The molecule has 2 rings (SSSR count). The highest BCUT2D eigenvalue weighted by molar-refractivity contribution is 5.30. The van der Waals surface area contributed by atoms with Crippen LogP contribution in [-0.2, 0) is 6.18 Å². The summed E-state index contributed by atoms with van der Waals surface area (Å²) < 4.78 is 51.9. The van der Waals surface area contributed by atoms with E-state index in [-0.39, 0.29) is 17.5 Å². The Hall–Kier alpha value is -1.10. The van der Waals surface area contributed by atoms with Gasteiger partial charge in [0.05, 0.1) is 5.56 Å². The first-order valence-electron chi connectivity index (χ1n) is 6.47. The van der Waals surface area contributed by atoms with Crippen LogP contribution in [0.25, 0.3) is 0 Å². The molecule has 1 aromatic carbocycles. The van der Waals surface area contributed by atoms with E-state index in [1.165, 1.54) is 0 Å². The van der Waals surface area contributed by atoms with Crippen LogP contribution in [0.15, 0.2) is 18.2 Å². The van der Waals surface area contributed by atoms with Gasteiger partial charge in [-0.25, -0.2) is 4.39 Å². The Morgan fingerprint density at radius 1 is 1.21 bits per heavy atom. The van der Waals surface area contributed by atoms with E-state index >= 15 is 0 Å². The van der Waals surface area contributed by atoms with Gasteiger partial charge in [0, 0.05) is 11.6 Å². The third-order valence-corrected chi connectivity index (χ3v) is 3.84. The fourth-order valence-corrected chi connectivity index (χ4v) is 2.89. The fraction of sp³-hybridized carbons (Fsp3) is 0.571. The zero-order chi connectivity index (χ0) is 14.0. The van der Waals surface area contributed by atoms with Crippen LogP contribution in [0.4, 0.5) is 17.6 Å². The van der Waals surface area contributed by atoms with E-state index in [0.29, 0.717) is 0 Å². The Labute approximate surface area is 110 Å². The third kappa shape index (κ3) is 3.08. The molecule has 0 bridgehead atoms. The van der Waals surface area contributed by atoms with Crippen LogP contribution in [0.5, 0.6) is 0 Å². The predicted molar refractivity (Wildman–Crippen MR) is 65.2 cm³/mol. The van der Waals surface area contributed by atoms with Gasteiger partial charge in [0.1, 0.15) is 5.82 Å². The normalized spacial score (nSPS) is 18.8. The van der Waals surface area contributed by atoms with Gasteiger partial charge in [-0.1, -0.05) is 12.8 Å². The average molecular weight is 275 g/mol. The van der Waals surface area contributed by atoms with Crippen molar-refractivity contribution in [3.05, 3.63) is 35.1 Å². The fourth-order valence-electron chi connectivity index (χ4n) is 2.89. The molecular weight excluding hydrogens is 258 g/mol. The van der Waals surface area contributed by atoms with E-state index in [2.05, 4.69) is 5.32 Å². The quantitative estimate of drug-likeness (QED) is 0.811. The van der Waals surface area contributed by atoms with Crippen molar-refractivity contribution in [2.75, 3.05) is 7.05 Å².